The van der Waals surface area contributed by atoms with Crippen LogP contribution in [-0.2, 0) is 0 Å². The molecule has 1 aliphatic heterocycles. The molecule has 1 atom stereocenters. The molecule has 1 aromatic carbocycles. The lowest BCUT2D eigenvalue weighted by Gasteiger charge is -2.37. The quantitative estimate of drug-likeness (QED) is 0.837. The Labute approximate surface area is 128 Å². The highest BCUT2D eigenvalue weighted by Gasteiger charge is 2.22. The maximum Gasteiger partial charge on any atom is 0.161 e. The molecule has 0 radical (unpaired) electrons. The maximum absolute atomic E-state index is 5.90. The van der Waals surface area contributed by atoms with Crippen LogP contribution in [0.2, 0.25) is 0 Å². The first-order chi connectivity index (χ1) is 10.2. The van der Waals surface area contributed by atoms with Crippen LogP contribution in [0, 0.1) is 5.92 Å². The van der Waals surface area contributed by atoms with E-state index in [0.29, 0.717) is 12.6 Å². The third kappa shape index (κ3) is 4.90. The predicted molar refractivity (Wildman–Crippen MR) is 86.2 cm³/mol. The van der Waals surface area contributed by atoms with Crippen molar-refractivity contribution in [2.75, 3.05) is 39.9 Å². The zero-order chi connectivity index (χ0) is 15.1. The molecule has 21 heavy (non-hydrogen) atoms. The number of benzene rings is 1. The standard InChI is InChI=1S/C17H28N2O2/c1-14(2)12-15-13-18-8-9-19(15)10-11-21-17-7-5-4-6-16(17)20-3/h4-7,14-15,18H,8-13H2,1-3H3. The van der Waals surface area contributed by atoms with Crippen molar-refractivity contribution < 1.29 is 9.47 Å². The van der Waals surface area contributed by atoms with Crippen LogP contribution in [0.25, 0.3) is 0 Å². The monoisotopic (exact) mass is 292 g/mol. The van der Waals surface area contributed by atoms with Crippen molar-refractivity contribution in [1.29, 1.82) is 0 Å². The number of nitrogens with zero attached hydrogens (tertiary/aromatic N) is 1. The van der Waals surface area contributed by atoms with Crippen molar-refractivity contribution in [2.24, 2.45) is 5.92 Å². The van der Waals surface area contributed by atoms with Gasteiger partial charge < -0.3 is 14.8 Å². The number of rotatable bonds is 7. The van der Waals surface area contributed by atoms with E-state index in [0.717, 1.165) is 43.6 Å². The van der Waals surface area contributed by atoms with Crippen molar-refractivity contribution in [1.82, 2.24) is 10.2 Å². The zero-order valence-corrected chi connectivity index (χ0v) is 13.5. The van der Waals surface area contributed by atoms with Crippen LogP contribution in [0.15, 0.2) is 24.3 Å². The first kappa shape index (κ1) is 16.1. The summed E-state index contributed by atoms with van der Waals surface area (Å²) in [6.07, 6.45) is 1.24. The van der Waals surface area contributed by atoms with Crippen LogP contribution >= 0.6 is 0 Å². The first-order valence-corrected chi connectivity index (χ1v) is 7.91. The van der Waals surface area contributed by atoms with Gasteiger partial charge >= 0.3 is 0 Å². The first-order valence-electron chi connectivity index (χ1n) is 7.91. The minimum absolute atomic E-state index is 0.625. The Kier molecular flexibility index (Phi) is 6.33. The molecular weight excluding hydrogens is 264 g/mol. The number of hydrogen-bond donors (Lipinski definition) is 1. The molecule has 1 unspecified atom stereocenters. The molecule has 0 aromatic heterocycles. The number of piperazine rings is 1. The molecule has 1 aromatic rings. The van der Waals surface area contributed by atoms with E-state index in [-0.39, 0.29) is 0 Å². The molecule has 0 spiro atoms. The Morgan fingerprint density at radius 2 is 2.05 bits per heavy atom. The number of ether oxygens (including phenoxy) is 2. The Balaban J connectivity index is 1.83. The molecule has 0 bridgehead atoms. The van der Waals surface area contributed by atoms with Crippen LogP contribution in [0.5, 0.6) is 11.5 Å². The SMILES string of the molecule is COc1ccccc1OCCN1CCNCC1CC(C)C. The van der Waals surface area contributed by atoms with E-state index in [9.17, 15) is 0 Å². The number of hydrogen-bond acceptors (Lipinski definition) is 4. The van der Waals surface area contributed by atoms with Gasteiger partial charge in [0.05, 0.1) is 7.11 Å². The maximum atomic E-state index is 5.90. The van der Waals surface area contributed by atoms with Gasteiger partial charge in [-0.25, -0.2) is 0 Å². The lowest BCUT2D eigenvalue weighted by Crippen LogP contribution is -2.52. The van der Waals surface area contributed by atoms with Crippen molar-refractivity contribution >= 4 is 0 Å². The molecule has 0 aliphatic carbocycles. The Bertz CT molecular complexity index is 423. The average molecular weight is 292 g/mol. The highest BCUT2D eigenvalue weighted by atomic mass is 16.5. The van der Waals surface area contributed by atoms with Gasteiger partial charge in [0, 0.05) is 32.2 Å². The van der Waals surface area contributed by atoms with Crippen LogP contribution in [-0.4, -0.2) is 50.8 Å². The second kappa shape index (κ2) is 8.25. The van der Waals surface area contributed by atoms with Crippen LogP contribution < -0.4 is 14.8 Å². The molecule has 0 saturated carbocycles. The van der Waals surface area contributed by atoms with Crippen LogP contribution in [0.3, 0.4) is 0 Å². The van der Waals surface area contributed by atoms with Gasteiger partial charge in [-0.15, -0.1) is 0 Å². The van der Waals surface area contributed by atoms with Gasteiger partial charge in [0.15, 0.2) is 11.5 Å². The lowest BCUT2D eigenvalue weighted by molar-refractivity contribution is 0.118. The molecule has 1 aliphatic rings. The molecule has 4 heteroatoms. The summed E-state index contributed by atoms with van der Waals surface area (Å²) in [6, 6.07) is 8.45. The molecule has 118 valence electrons. The van der Waals surface area contributed by atoms with Gasteiger partial charge in [-0.05, 0) is 24.5 Å². The normalized spacial score (nSPS) is 19.7. The summed E-state index contributed by atoms with van der Waals surface area (Å²) in [4.78, 5) is 2.55. The summed E-state index contributed by atoms with van der Waals surface area (Å²) in [5.41, 5.74) is 0. The van der Waals surface area contributed by atoms with Gasteiger partial charge in [-0.1, -0.05) is 26.0 Å². The number of methoxy groups -OCH3 is 1. The van der Waals surface area contributed by atoms with E-state index in [1.165, 1.54) is 6.42 Å². The van der Waals surface area contributed by atoms with E-state index >= 15 is 0 Å². The van der Waals surface area contributed by atoms with Gasteiger partial charge in [-0.3, -0.25) is 4.90 Å². The second-order valence-corrected chi connectivity index (χ2v) is 6.02. The van der Waals surface area contributed by atoms with E-state index in [4.69, 9.17) is 9.47 Å². The van der Waals surface area contributed by atoms with Gasteiger partial charge in [0.25, 0.3) is 0 Å². The van der Waals surface area contributed by atoms with Crippen LogP contribution in [0.1, 0.15) is 20.3 Å². The minimum Gasteiger partial charge on any atom is -0.493 e. The summed E-state index contributed by atoms with van der Waals surface area (Å²) in [6.45, 7) is 9.52. The fraction of sp³-hybridized carbons (Fsp3) is 0.647. The minimum atomic E-state index is 0.625. The summed E-state index contributed by atoms with van der Waals surface area (Å²) in [5, 5.41) is 3.49. The zero-order valence-electron chi connectivity index (χ0n) is 13.5. The molecule has 0 amide bonds. The summed E-state index contributed by atoms with van der Waals surface area (Å²) in [5.74, 6) is 2.36. The molecule has 1 saturated heterocycles. The van der Waals surface area contributed by atoms with E-state index in [1.807, 2.05) is 24.3 Å². The third-order valence-electron chi connectivity index (χ3n) is 3.92. The average Bonchev–Trinajstić information content (AvgIpc) is 2.49. The molecule has 1 fully saturated rings. The lowest BCUT2D eigenvalue weighted by atomic mass is 10.0. The van der Waals surface area contributed by atoms with E-state index < -0.39 is 0 Å². The van der Waals surface area contributed by atoms with Gasteiger partial charge in [0.2, 0.25) is 0 Å². The summed E-state index contributed by atoms with van der Waals surface area (Å²) in [7, 11) is 1.68. The Hall–Kier alpha value is -1.26. The summed E-state index contributed by atoms with van der Waals surface area (Å²) < 4.78 is 11.2. The van der Waals surface area contributed by atoms with Crippen molar-refractivity contribution in [2.45, 2.75) is 26.3 Å². The fourth-order valence-corrected chi connectivity index (χ4v) is 2.88. The summed E-state index contributed by atoms with van der Waals surface area (Å²) >= 11 is 0. The number of nitrogens with one attached hydrogen (secondary N) is 1. The second-order valence-electron chi connectivity index (χ2n) is 6.02. The molecule has 4 nitrogen and oxygen atoms in total. The van der Waals surface area contributed by atoms with Crippen molar-refractivity contribution in [3.63, 3.8) is 0 Å². The molecule has 1 N–H and O–H groups in total. The van der Waals surface area contributed by atoms with Gasteiger partial charge in [0.1, 0.15) is 6.61 Å². The number of para-hydroxylation sites is 2. The fourth-order valence-electron chi connectivity index (χ4n) is 2.88. The van der Waals surface area contributed by atoms with Gasteiger partial charge in [-0.2, -0.15) is 0 Å². The highest BCUT2D eigenvalue weighted by Crippen LogP contribution is 2.25. The highest BCUT2D eigenvalue weighted by molar-refractivity contribution is 5.39. The van der Waals surface area contributed by atoms with Crippen molar-refractivity contribution in [3.8, 4) is 11.5 Å². The molecule has 1 heterocycles. The Morgan fingerprint density at radius 1 is 1.29 bits per heavy atom. The molecular formula is C17H28N2O2. The van der Waals surface area contributed by atoms with E-state index in [2.05, 4.69) is 24.1 Å². The molecule has 2 rings (SSSR count). The van der Waals surface area contributed by atoms with Crippen LogP contribution in [0.4, 0.5) is 0 Å². The Morgan fingerprint density at radius 3 is 2.76 bits per heavy atom. The van der Waals surface area contributed by atoms with E-state index in [1.54, 1.807) is 7.11 Å². The third-order valence-corrected chi connectivity index (χ3v) is 3.92. The smallest absolute Gasteiger partial charge is 0.161 e. The topological polar surface area (TPSA) is 33.7 Å². The van der Waals surface area contributed by atoms with Crippen molar-refractivity contribution in [3.05, 3.63) is 24.3 Å². The largest absolute Gasteiger partial charge is 0.493 e. The predicted octanol–water partition coefficient (Wildman–Crippen LogP) is 2.39.